The van der Waals surface area contributed by atoms with Gasteiger partial charge in [0.2, 0.25) is 0 Å². The number of carbonyl (C=O) groups excluding carboxylic acids is 1. The first-order valence-corrected chi connectivity index (χ1v) is 4.67. The van der Waals surface area contributed by atoms with Gasteiger partial charge in [-0.2, -0.15) is 0 Å². The molecule has 88 valence electrons. The maximum absolute atomic E-state index is 13.2. The van der Waals surface area contributed by atoms with Gasteiger partial charge in [0, 0.05) is 12.4 Å². The van der Waals surface area contributed by atoms with Crippen molar-refractivity contribution < 1.29 is 18.0 Å². The molecule has 0 spiro atoms. The number of rotatable bonds is 2. The lowest BCUT2D eigenvalue weighted by Crippen LogP contribution is -2.13. The average Bonchev–Trinajstić information content (AvgIpc) is 2.83. The number of halogens is 3. The second-order valence-electron chi connectivity index (χ2n) is 3.28. The molecule has 0 saturated carbocycles. The molecule has 0 radical (unpaired) electrons. The molecule has 0 aliphatic carbocycles. The minimum atomic E-state index is -1.61. The molecule has 0 aliphatic rings. The van der Waals surface area contributed by atoms with Crippen molar-refractivity contribution in [3.05, 3.63) is 53.6 Å². The van der Waals surface area contributed by atoms with Gasteiger partial charge in [-0.3, -0.25) is 4.79 Å². The molecule has 17 heavy (non-hydrogen) atoms. The van der Waals surface area contributed by atoms with Gasteiger partial charge in [0.05, 0.1) is 11.3 Å². The topological polar surface area (TPSA) is 44.9 Å². The predicted octanol–water partition coefficient (Wildman–Crippen LogP) is 2.68. The SMILES string of the molecule is O=C(Nc1ccc(F)c(F)c1F)c1cc[nH]c1. The molecule has 0 saturated heterocycles. The van der Waals surface area contributed by atoms with Crippen LogP contribution in [-0.4, -0.2) is 10.9 Å². The number of benzene rings is 1. The molecule has 0 fully saturated rings. The lowest BCUT2D eigenvalue weighted by atomic mass is 10.2. The molecular weight excluding hydrogens is 233 g/mol. The van der Waals surface area contributed by atoms with Crippen LogP contribution >= 0.6 is 0 Å². The molecule has 1 amide bonds. The van der Waals surface area contributed by atoms with Crippen molar-refractivity contribution in [2.75, 3.05) is 5.32 Å². The Kier molecular flexibility index (Phi) is 2.86. The molecule has 1 heterocycles. The van der Waals surface area contributed by atoms with Crippen LogP contribution in [0.3, 0.4) is 0 Å². The summed E-state index contributed by atoms with van der Waals surface area (Å²) in [7, 11) is 0. The first-order chi connectivity index (χ1) is 8.09. The van der Waals surface area contributed by atoms with Crippen molar-refractivity contribution in [2.24, 2.45) is 0 Å². The third-order valence-electron chi connectivity index (χ3n) is 2.14. The summed E-state index contributed by atoms with van der Waals surface area (Å²) in [5, 5.41) is 2.14. The average molecular weight is 240 g/mol. The van der Waals surface area contributed by atoms with Crippen molar-refractivity contribution in [3.8, 4) is 0 Å². The van der Waals surface area contributed by atoms with Crippen molar-refractivity contribution in [3.63, 3.8) is 0 Å². The van der Waals surface area contributed by atoms with E-state index in [1.807, 2.05) is 0 Å². The smallest absolute Gasteiger partial charge is 0.257 e. The van der Waals surface area contributed by atoms with E-state index in [-0.39, 0.29) is 5.56 Å². The highest BCUT2D eigenvalue weighted by atomic mass is 19.2. The molecule has 2 aromatic rings. The van der Waals surface area contributed by atoms with Crippen LogP contribution in [0.25, 0.3) is 0 Å². The molecule has 3 nitrogen and oxygen atoms in total. The zero-order valence-corrected chi connectivity index (χ0v) is 8.43. The Labute approximate surface area is 94.3 Å². The zero-order chi connectivity index (χ0) is 12.4. The number of hydrogen-bond donors (Lipinski definition) is 2. The van der Waals surface area contributed by atoms with Gasteiger partial charge in [-0.25, -0.2) is 13.2 Å². The van der Waals surface area contributed by atoms with Crippen LogP contribution < -0.4 is 5.32 Å². The Hall–Kier alpha value is -2.24. The lowest BCUT2D eigenvalue weighted by molar-refractivity contribution is 0.102. The number of aromatic nitrogens is 1. The highest BCUT2D eigenvalue weighted by Gasteiger charge is 2.15. The van der Waals surface area contributed by atoms with Gasteiger partial charge < -0.3 is 10.3 Å². The Morgan fingerprint density at radius 1 is 1.12 bits per heavy atom. The minimum absolute atomic E-state index is 0.258. The van der Waals surface area contributed by atoms with Gasteiger partial charge in [-0.15, -0.1) is 0 Å². The number of nitrogens with one attached hydrogen (secondary N) is 2. The third-order valence-corrected chi connectivity index (χ3v) is 2.14. The van der Waals surface area contributed by atoms with Crippen LogP contribution in [0.1, 0.15) is 10.4 Å². The van der Waals surface area contributed by atoms with Crippen molar-refractivity contribution in [2.45, 2.75) is 0 Å². The number of H-pyrrole nitrogens is 1. The van der Waals surface area contributed by atoms with E-state index in [1.54, 1.807) is 0 Å². The van der Waals surface area contributed by atoms with Gasteiger partial charge in [-0.1, -0.05) is 0 Å². The first-order valence-electron chi connectivity index (χ1n) is 4.67. The monoisotopic (exact) mass is 240 g/mol. The number of amides is 1. The summed E-state index contributed by atoms with van der Waals surface area (Å²) in [5.41, 5.74) is -0.149. The van der Waals surface area contributed by atoms with Crippen molar-refractivity contribution in [1.82, 2.24) is 4.98 Å². The van der Waals surface area contributed by atoms with Gasteiger partial charge >= 0.3 is 0 Å². The van der Waals surface area contributed by atoms with E-state index in [0.717, 1.165) is 12.1 Å². The van der Waals surface area contributed by atoms with E-state index in [0.29, 0.717) is 0 Å². The number of aromatic amines is 1. The Morgan fingerprint density at radius 3 is 2.53 bits per heavy atom. The van der Waals surface area contributed by atoms with E-state index < -0.39 is 29.0 Å². The van der Waals surface area contributed by atoms with Crippen molar-refractivity contribution in [1.29, 1.82) is 0 Å². The quantitative estimate of drug-likeness (QED) is 0.779. The summed E-state index contributed by atoms with van der Waals surface area (Å²) in [5.74, 6) is -4.95. The minimum Gasteiger partial charge on any atom is -0.367 e. The second kappa shape index (κ2) is 4.32. The molecule has 1 aromatic heterocycles. The second-order valence-corrected chi connectivity index (χ2v) is 3.28. The molecule has 0 aliphatic heterocycles. The van der Waals surface area contributed by atoms with Crippen LogP contribution in [0.4, 0.5) is 18.9 Å². The summed E-state index contributed by atoms with van der Waals surface area (Å²) < 4.78 is 38.7. The van der Waals surface area contributed by atoms with E-state index in [2.05, 4.69) is 10.3 Å². The Balaban J connectivity index is 2.25. The third kappa shape index (κ3) is 2.15. The fraction of sp³-hybridized carbons (Fsp3) is 0. The van der Waals surface area contributed by atoms with Crippen LogP contribution in [0, 0.1) is 17.5 Å². The normalized spacial score (nSPS) is 10.3. The summed E-state index contributed by atoms with van der Waals surface area (Å²) >= 11 is 0. The molecule has 6 heteroatoms. The fourth-order valence-corrected chi connectivity index (χ4v) is 1.28. The maximum atomic E-state index is 13.2. The lowest BCUT2D eigenvalue weighted by Gasteiger charge is -2.05. The predicted molar refractivity (Wildman–Crippen MR) is 55.1 cm³/mol. The number of anilines is 1. The van der Waals surface area contributed by atoms with E-state index in [9.17, 15) is 18.0 Å². The number of carbonyl (C=O) groups is 1. The van der Waals surface area contributed by atoms with Gasteiger partial charge in [0.15, 0.2) is 17.5 Å². The van der Waals surface area contributed by atoms with E-state index >= 15 is 0 Å². The highest BCUT2D eigenvalue weighted by molar-refractivity contribution is 6.04. The molecule has 2 rings (SSSR count). The van der Waals surface area contributed by atoms with Crippen LogP contribution in [-0.2, 0) is 0 Å². The van der Waals surface area contributed by atoms with E-state index in [4.69, 9.17) is 0 Å². The Morgan fingerprint density at radius 2 is 1.88 bits per heavy atom. The van der Waals surface area contributed by atoms with Crippen molar-refractivity contribution >= 4 is 11.6 Å². The zero-order valence-electron chi connectivity index (χ0n) is 8.43. The molecule has 0 unspecified atom stereocenters. The van der Waals surface area contributed by atoms with Crippen LogP contribution in [0.2, 0.25) is 0 Å². The molecule has 2 N–H and O–H groups in total. The van der Waals surface area contributed by atoms with Gasteiger partial charge in [0.25, 0.3) is 5.91 Å². The highest BCUT2D eigenvalue weighted by Crippen LogP contribution is 2.20. The Bertz CT molecular complexity index is 552. The number of hydrogen-bond acceptors (Lipinski definition) is 1. The van der Waals surface area contributed by atoms with Crippen LogP contribution in [0.5, 0.6) is 0 Å². The summed E-state index contributed by atoms with van der Waals surface area (Å²) in [6, 6.07) is 3.16. The summed E-state index contributed by atoms with van der Waals surface area (Å²) in [4.78, 5) is 14.2. The summed E-state index contributed by atoms with van der Waals surface area (Å²) in [6.45, 7) is 0. The molecule has 0 bridgehead atoms. The van der Waals surface area contributed by atoms with Gasteiger partial charge in [-0.05, 0) is 18.2 Å². The standard InChI is InChI=1S/C11H7F3N2O/c12-7-1-2-8(10(14)9(7)13)16-11(17)6-3-4-15-5-6/h1-5,15H,(H,16,17). The summed E-state index contributed by atoms with van der Waals surface area (Å²) in [6.07, 6.45) is 2.91. The molecule has 1 aromatic carbocycles. The van der Waals surface area contributed by atoms with Gasteiger partial charge in [0.1, 0.15) is 0 Å². The van der Waals surface area contributed by atoms with E-state index in [1.165, 1.54) is 18.5 Å². The molecule has 0 atom stereocenters. The fourth-order valence-electron chi connectivity index (χ4n) is 1.28. The largest absolute Gasteiger partial charge is 0.367 e. The van der Waals surface area contributed by atoms with Crippen LogP contribution in [0.15, 0.2) is 30.6 Å². The molecular formula is C11H7F3N2O. The maximum Gasteiger partial charge on any atom is 0.257 e. The first kappa shape index (κ1) is 11.3.